The monoisotopic (exact) mass is 381 g/mol. The van der Waals surface area contributed by atoms with Gasteiger partial charge >= 0.3 is 6.18 Å². The van der Waals surface area contributed by atoms with Crippen LogP contribution in [0.3, 0.4) is 0 Å². The van der Waals surface area contributed by atoms with Crippen molar-refractivity contribution in [3.8, 4) is 5.88 Å². The fourth-order valence-corrected chi connectivity index (χ4v) is 2.64. The Balaban J connectivity index is 1.76. The normalized spacial score (nSPS) is 17.2. The molecule has 0 aliphatic carbocycles. The van der Waals surface area contributed by atoms with E-state index < -0.39 is 17.8 Å². The molecule has 0 bridgehead atoms. The van der Waals surface area contributed by atoms with E-state index >= 15 is 0 Å². The molecular formula is C15H19ClF3N3O3. The number of carbonyl (C=O) groups excluding carboxylic acids is 1. The molecule has 1 atom stereocenters. The smallest absolute Gasteiger partial charge is 0.417 e. The number of pyridine rings is 1. The number of ether oxygens (including phenoxy) is 2. The van der Waals surface area contributed by atoms with Gasteiger partial charge in [-0.25, -0.2) is 4.98 Å². The topological polar surface area (TPSA) is 86.5 Å². The highest BCUT2D eigenvalue weighted by Crippen LogP contribution is 2.33. The summed E-state index contributed by atoms with van der Waals surface area (Å²) in [6.45, 7) is 1.32. The first-order valence-electron chi connectivity index (χ1n) is 7.75. The minimum Gasteiger partial charge on any atom is -0.475 e. The van der Waals surface area contributed by atoms with Crippen molar-refractivity contribution in [1.29, 1.82) is 0 Å². The van der Waals surface area contributed by atoms with E-state index in [1.807, 2.05) is 0 Å². The van der Waals surface area contributed by atoms with Gasteiger partial charge in [-0.05, 0) is 24.8 Å². The van der Waals surface area contributed by atoms with Crippen LogP contribution in [-0.2, 0) is 15.7 Å². The zero-order chi connectivity index (χ0) is 18.4. The van der Waals surface area contributed by atoms with Gasteiger partial charge in [0.1, 0.15) is 11.6 Å². The highest BCUT2D eigenvalue weighted by molar-refractivity contribution is 6.31. The molecule has 1 saturated heterocycles. The third-order valence-electron chi connectivity index (χ3n) is 3.85. The Bertz CT molecular complexity index is 595. The van der Waals surface area contributed by atoms with Gasteiger partial charge in [-0.3, -0.25) is 4.79 Å². The third-order valence-corrected chi connectivity index (χ3v) is 4.12. The van der Waals surface area contributed by atoms with Crippen LogP contribution in [-0.4, -0.2) is 43.3 Å². The lowest BCUT2D eigenvalue weighted by atomic mass is 9.92. The Morgan fingerprint density at radius 1 is 1.48 bits per heavy atom. The fraction of sp³-hybridized carbons (Fsp3) is 0.600. The van der Waals surface area contributed by atoms with Crippen LogP contribution in [0.2, 0.25) is 5.02 Å². The van der Waals surface area contributed by atoms with Gasteiger partial charge in [-0.15, -0.1) is 0 Å². The molecule has 1 aromatic rings. The van der Waals surface area contributed by atoms with Crippen LogP contribution in [0.5, 0.6) is 5.88 Å². The lowest BCUT2D eigenvalue weighted by molar-refractivity contribution is -0.137. The minimum absolute atomic E-state index is 0.00429. The van der Waals surface area contributed by atoms with Crippen molar-refractivity contribution in [3.05, 3.63) is 22.8 Å². The van der Waals surface area contributed by atoms with Gasteiger partial charge in [0.25, 0.3) is 0 Å². The highest BCUT2D eigenvalue weighted by atomic mass is 35.5. The summed E-state index contributed by atoms with van der Waals surface area (Å²) in [6, 6.07) is 0.112. The van der Waals surface area contributed by atoms with E-state index in [-0.39, 0.29) is 35.9 Å². The van der Waals surface area contributed by atoms with Gasteiger partial charge in [0.2, 0.25) is 11.8 Å². The first-order valence-corrected chi connectivity index (χ1v) is 8.13. The number of nitrogens with zero attached hydrogens (tertiary/aromatic N) is 1. The number of aromatic nitrogens is 1. The van der Waals surface area contributed by atoms with Gasteiger partial charge in [0.05, 0.1) is 18.2 Å². The quantitative estimate of drug-likeness (QED) is 0.736. The molecule has 25 heavy (non-hydrogen) atoms. The van der Waals surface area contributed by atoms with Crippen LogP contribution >= 0.6 is 11.6 Å². The Labute approximate surface area is 147 Å². The molecule has 0 spiro atoms. The van der Waals surface area contributed by atoms with Crippen molar-refractivity contribution in [1.82, 2.24) is 10.3 Å². The van der Waals surface area contributed by atoms with E-state index in [4.69, 9.17) is 26.8 Å². The number of nitrogens with two attached hydrogens (primary N) is 1. The SMILES string of the molecule is NC(C(=O)NCCOc1ncc(C(F)(F)F)cc1Cl)C1CCOCC1. The van der Waals surface area contributed by atoms with E-state index in [0.29, 0.717) is 19.4 Å². The lowest BCUT2D eigenvalue weighted by Crippen LogP contribution is -2.47. The maximum absolute atomic E-state index is 12.5. The number of alkyl halides is 3. The predicted octanol–water partition coefficient (Wildman–Crippen LogP) is 2.00. The van der Waals surface area contributed by atoms with Crippen molar-refractivity contribution in [2.24, 2.45) is 11.7 Å². The summed E-state index contributed by atoms with van der Waals surface area (Å²) in [5, 5.41) is 2.37. The van der Waals surface area contributed by atoms with Crippen molar-refractivity contribution in [2.75, 3.05) is 26.4 Å². The van der Waals surface area contributed by atoms with Gasteiger partial charge in [-0.1, -0.05) is 11.6 Å². The van der Waals surface area contributed by atoms with Gasteiger partial charge in [0.15, 0.2) is 0 Å². The summed E-state index contributed by atoms with van der Waals surface area (Å²) in [5.41, 5.74) is 4.96. The fourth-order valence-electron chi connectivity index (χ4n) is 2.42. The number of amides is 1. The van der Waals surface area contributed by atoms with Crippen LogP contribution in [0, 0.1) is 5.92 Å². The number of halogens is 4. The third kappa shape index (κ3) is 5.72. The van der Waals surface area contributed by atoms with E-state index in [2.05, 4.69) is 10.3 Å². The summed E-state index contributed by atoms with van der Waals surface area (Å²) < 4.78 is 48.0. The molecule has 140 valence electrons. The highest BCUT2D eigenvalue weighted by Gasteiger charge is 2.31. The first kappa shape index (κ1) is 19.7. The molecule has 1 amide bonds. The molecule has 2 heterocycles. The molecule has 10 heteroatoms. The average Bonchev–Trinajstić information content (AvgIpc) is 2.58. The molecule has 6 nitrogen and oxygen atoms in total. The minimum atomic E-state index is -4.52. The molecule has 0 saturated carbocycles. The molecule has 1 fully saturated rings. The maximum Gasteiger partial charge on any atom is 0.417 e. The first-order chi connectivity index (χ1) is 11.8. The summed E-state index contributed by atoms with van der Waals surface area (Å²) in [7, 11) is 0. The molecule has 1 aliphatic rings. The molecule has 1 aromatic heterocycles. The molecule has 3 N–H and O–H groups in total. The summed E-state index contributed by atoms with van der Waals surface area (Å²) in [6.07, 6.45) is -2.42. The van der Waals surface area contributed by atoms with Crippen LogP contribution in [0.15, 0.2) is 12.3 Å². The number of rotatable bonds is 6. The van der Waals surface area contributed by atoms with Crippen LogP contribution in [0.1, 0.15) is 18.4 Å². The second-order valence-electron chi connectivity index (χ2n) is 5.62. The molecule has 0 radical (unpaired) electrons. The number of nitrogens with one attached hydrogen (secondary N) is 1. The lowest BCUT2D eigenvalue weighted by Gasteiger charge is -2.26. The standard InChI is InChI=1S/C15H19ClF3N3O3/c16-11-7-10(15(17,18)19)8-22-14(11)25-6-3-21-13(23)12(20)9-1-4-24-5-2-9/h7-9,12H,1-6,20H2,(H,21,23). The molecule has 1 aliphatic heterocycles. The summed E-state index contributed by atoms with van der Waals surface area (Å²) >= 11 is 5.72. The molecule has 0 aromatic carbocycles. The van der Waals surface area contributed by atoms with E-state index in [0.717, 1.165) is 18.9 Å². The Kier molecular flexibility index (Phi) is 6.86. The van der Waals surface area contributed by atoms with Crippen molar-refractivity contribution >= 4 is 17.5 Å². The predicted molar refractivity (Wildman–Crippen MR) is 84.3 cm³/mol. The van der Waals surface area contributed by atoms with Gasteiger partial charge in [0, 0.05) is 19.4 Å². The number of carbonyl (C=O) groups is 1. The number of hydrogen-bond donors (Lipinski definition) is 2. The van der Waals surface area contributed by atoms with E-state index in [1.54, 1.807) is 0 Å². The summed E-state index contributed by atoms with van der Waals surface area (Å²) in [5.74, 6) is -0.361. The Morgan fingerprint density at radius 3 is 2.76 bits per heavy atom. The second-order valence-corrected chi connectivity index (χ2v) is 6.03. The van der Waals surface area contributed by atoms with Crippen LogP contribution < -0.4 is 15.8 Å². The van der Waals surface area contributed by atoms with Crippen LogP contribution in [0.4, 0.5) is 13.2 Å². The van der Waals surface area contributed by atoms with E-state index in [9.17, 15) is 18.0 Å². The second kappa shape index (κ2) is 8.68. The zero-order valence-corrected chi connectivity index (χ0v) is 14.1. The number of hydrogen-bond acceptors (Lipinski definition) is 5. The zero-order valence-electron chi connectivity index (χ0n) is 13.3. The largest absolute Gasteiger partial charge is 0.475 e. The Hall–Kier alpha value is -1.58. The van der Waals surface area contributed by atoms with Gasteiger partial charge < -0.3 is 20.5 Å². The van der Waals surface area contributed by atoms with Gasteiger partial charge in [-0.2, -0.15) is 13.2 Å². The molecular weight excluding hydrogens is 363 g/mol. The van der Waals surface area contributed by atoms with Crippen LogP contribution in [0.25, 0.3) is 0 Å². The Morgan fingerprint density at radius 2 is 2.16 bits per heavy atom. The molecule has 1 unspecified atom stereocenters. The van der Waals surface area contributed by atoms with Crippen molar-refractivity contribution < 1.29 is 27.4 Å². The van der Waals surface area contributed by atoms with Crippen molar-refractivity contribution in [2.45, 2.75) is 25.1 Å². The summed E-state index contributed by atoms with van der Waals surface area (Å²) in [4.78, 5) is 15.5. The van der Waals surface area contributed by atoms with E-state index in [1.165, 1.54) is 0 Å². The molecule has 2 rings (SSSR count). The van der Waals surface area contributed by atoms with Crippen molar-refractivity contribution in [3.63, 3.8) is 0 Å². The average molecular weight is 382 g/mol. The maximum atomic E-state index is 12.5.